The summed E-state index contributed by atoms with van der Waals surface area (Å²) in [6.07, 6.45) is 1.85. The number of thioether (sulfide) groups is 2. The van der Waals surface area contributed by atoms with Gasteiger partial charge in [0.2, 0.25) is 0 Å². The SMILES string of the molecule is CNC(c1ccc2ncccc2c1)C1CSCCS1. The summed E-state index contributed by atoms with van der Waals surface area (Å²) < 4.78 is 0. The van der Waals surface area contributed by atoms with E-state index < -0.39 is 0 Å². The molecule has 0 amide bonds. The van der Waals surface area contributed by atoms with Gasteiger partial charge in [0, 0.05) is 40.1 Å². The summed E-state index contributed by atoms with van der Waals surface area (Å²) >= 11 is 4.17. The van der Waals surface area contributed by atoms with Gasteiger partial charge >= 0.3 is 0 Å². The summed E-state index contributed by atoms with van der Waals surface area (Å²) in [5, 5.41) is 5.39. The topological polar surface area (TPSA) is 24.9 Å². The van der Waals surface area contributed by atoms with Crippen LogP contribution in [0.2, 0.25) is 0 Å². The van der Waals surface area contributed by atoms with Crippen molar-refractivity contribution >= 4 is 34.4 Å². The number of aromatic nitrogens is 1. The first-order valence-electron chi connectivity index (χ1n) is 6.60. The minimum absolute atomic E-state index is 0.433. The van der Waals surface area contributed by atoms with E-state index in [2.05, 4.69) is 65.1 Å². The van der Waals surface area contributed by atoms with Gasteiger partial charge in [0.1, 0.15) is 0 Å². The Morgan fingerprint density at radius 2 is 2.26 bits per heavy atom. The van der Waals surface area contributed by atoms with Gasteiger partial charge in [-0.3, -0.25) is 4.98 Å². The second-order valence-corrected chi connectivity index (χ2v) is 7.20. The number of hydrogen-bond donors (Lipinski definition) is 1. The Hall–Kier alpha value is -0.710. The Labute approximate surface area is 122 Å². The van der Waals surface area contributed by atoms with E-state index in [0.717, 1.165) is 5.52 Å². The number of rotatable bonds is 3. The Morgan fingerprint density at radius 1 is 1.32 bits per heavy atom. The lowest BCUT2D eigenvalue weighted by molar-refractivity contribution is 0.593. The fourth-order valence-electron chi connectivity index (χ4n) is 2.55. The van der Waals surface area contributed by atoms with E-state index in [0.29, 0.717) is 11.3 Å². The van der Waals surface area contributed by atoms with Crippen LogP contribution in [0.3, 0.4) is 0 Å². The van der Waals surface area contributed by atoms with Crippen LogP contribution >= 0.6 is 23.5 Å². The number of nitrogens with zero attached hydrogens (tertiary/aromatic N) is 1. The van der Waals surface area contributed by atoms with Crippen LogP contribution in [0.5, 0.6) is 0 Å². The van der Waals surface area contributed by atoms with Gasteiger partial charge in [0.05, 0.1) is 5.52 Å². The average Bonchev–Trinajstić information content (AvgIpc) is 2.49. The molecule has 0 radical (unpaired) electrons. The second kappa shape index (κ2) is 6.16. The maximum atomic E-state index is 4.39. The van der Waals surface area contributed by atoms with Crippen LogP contribution in [0.25, 0.3) is 10.9 Å². The van der Waals surface area contributed by atoms with E-state index in [1.54, 1.807) is 0 Å². The van der Waals surface area contributed by atoms with Crippen molar-refractivity contribution in [1.82, 2.24) is 10.3 Å². The van der Waals surface area contributed by atoms with Crippen molar-refractivity contribution < 1.29 is 0 Å². The van der Waals surface area contributed by atoms with Gasteiger partial charge in [0.25, 0.3) is 0 Å². The van der Waals surface area contributed by atoms with Crippen molar-refractivity contribution in [1.29, 1.82) is 0 Å². The van der Waals surface area contributed by atoms with E-state index >= 15 is 0 Å². The van der Waals surface area contributed by atoms with Gasteiger partial charge in [-0.25, -0.2) is 0 Å². The molecule has 2 heterocycles. The van der Waals surface area contributed by atoms with E-state index in [1.165, 1.54) is 28.2 Å². The molecule has 1 N–H and O–H groups in total. The van der Waals surface area contributed by atoms with Crippen molar-refractivity contribution in [2.24, 2.45) is 0 Å². The largest absolute Gasteiger partial charge is 0.312 e. The molecule has 0 aliphatic carbocycles. The quantitative estimate of drug-likeness (QED) is 0.937. The summed E-state index contributed by atoms with van der Waals surface area (Å²) in [4.78, 5) is 4.39. The van der Waals surface area contributed by atoms with Crippen LogP contribution in [-0.2, 0) is 0 Å². The number of hydrogen-bond acceptors (Lipinski definition) is 4. The minimum Gasteiger partial charge on any atom is -0.312 e. The second-order valence-electron chi connectivity index (χ2n) is 4.71. The molecule has 1 aliphatic rings. The third kappa shape index (κ3) is 2.91. The lowest BCUT2D eigenvalue weighted by Gasteiger charge is -2.29. The van der Waals surface area contributed by atoms with Crippen molar-refractivity contribution in [3.63, 3.8) is 0 Å². The Morgan fingerprint density at radius 3 is 3.05 bits per heavy atom. The highest BCUT2D eigenvalue weighted by Crippen LogP contribution is 2.34. The maximum Gasteiger partial charge on any atom is 0.0702 e. The molecule has 19 heavy (non-hydrogen) atoms. The number of nitrogens with one attached hydrogen (secondary N) is 1. The highest BCUT2D eigenvalue weighted by Gasteiger charge is 2.24. The normalized spacial score (nSPS) is 21.4. The zero-order valence-corrected chi connectivity index (χ0v) is 12.6. The first kappa shape index (κ1) is 13.3. The molecule has 0 saturated carbocycles. The highest BCUT2D eigenvalue weighted by atomic mass is 32.2. The predicted octanol–water partition coefficient (Wildman–Crippen LogP) is 3.34. The Balaban J connectivity index is 1.91. The van der Waals surface area contributed by atoms with Crippen molar-refractivity contribution in [3.05, 3.63) is 42.1 Å². The fourth-order valence-corrected chi connectivity index (χ4v) is 5.46. The molecule has 1 saturated heterocycles. The minimum atomic E-state index is 0.433. The Kier molecular flexibility index (Phi) is 4.31. The lowest BCUT2D eigenvalue weighted by Crippen LogP contribution is -2.31. The van der Waals surface area contributed by atoms with Crippen LogP contribution in [0.1, 0.15) is 11.6 Å². The third-order valence-corrected chi connectivity index (χ3v) is 6.37. The summed E-state index contributed by atoms with van der Waals surface area (Å²) in [5.41, 5.74) is 2.45. The highest BCUT2D eigenvalue weighted by molar-refractivity contribution is 8.06. The smallest absolute Gasteiger partial charge is 0.0702 e. The standard InChI is InChI=1S/C15H18N2S2/c1-16-15(14-10-18-7-8-19-14)12-4-5-13-11(9-12)3-2-6-17-13/h2-6,9,14-16H,7-8,10H2,1H3. The zero-order chi connectivity index (χ0) is 13.1. The molecule has 4 heteroatoms. The van der Waals surface area contributed by atoms with Crippen LogP contribution in [-0.4, -0.2) is 34.5 Å². The molecule has 1 aromatic carbocycles. The van der Waals surface area contributed by atoms with Gasteiger partial charge in [-0.1, -0.05) is 12.1 Å². The van der Waals surface area contributed by atoms with Gasteiger partial charge in [-0.05, 0) is 30.8 Å². The summed E-state index contributed by atoms with van der Waals surface area (Å²) in [7, 11) is 2.07. The zero-order valence-electron chi connectivity index (χ0n) is 11.0. The number of benzene rings is 1. The van der Waals surface area contributed by atoms with E-state index in [4.69, 9.17) is 0 Å². The Bertz CT molecular complexity index is 553. The predicted molar refractivity (Wildman–Crippen MR) is 87.1 cm³/mol. The molecule has 1 fully saturated rings. The molecule has 2 unspecified atom stereocenters. The molecule has 3 rings (SSSR count). The summed E-state index contributed by atoms with van der Waals surface area (Å²) in [5.74, 6) is 3.79. The lowest BCUT2D eigenvalue weighted by atomic mass is 10.0. The van der Waals surface area contributed by atoms with Crippen molar-refractivity contribution in [2.75, 3.05) is 24.3 Å². The molecule has 2 aromatic rings. The molecular formula is C15H18N2S2. The van der Waals surface area contributed by atoms with Crippen molar-refractivity contribution in [3.8, 4) is 0 Å². The summed E-state index contributed by atoms with van der Waals surface area (Å²) in [6, 6.07) is 11.2. The van der Waals surface area contributed by atoms with Gasteiger partial charge in [-0.15, -0.1) is 0 Å². The van der Waals surface area contributed by atoms with Crippen LogP contribution in [0.15, 0.2) is 36.5 Å². The van der Waals surface area contributed by atoms with E-state index in [9.17, 15) is 0 Å². The molecule has 2 nitrogen and oxygen atoms in total. The van der Waals surface area contributed by atoms with E-state index in [1.807, 2.05) is 12.3 Å². The van der Waals surface area contributed by atoms with Gasteiger partial charge < -0.3 is 5.32 Å². The molecular weight excluding hydrogens is 272 g/mol. The third-order valence-electron chi connectivity index (χ3n) is 3.51. The van der Waals surface area contributed by atoms with Crippen LogP contribution in [0, 0.1) is 0 Å². The van der Waals surface area contributed by atoms with Gasteiger partial charge in [0.15, 0.2) is 0 Å². The van der Waals surface area contributed by atoms with Crippen LogP contribution in [0.4, 0.5) is 0 Å². The molecule has 100 valence electrons. The molecule has 0 spiro atoms. The van der Waals surface area contributed by atoms with E-state index in [-0.39, 0.29) is 0 Å². The first-order valence-corrected chi connectivity index (χ1v) is 8.80. The molecule has 2 atom stereocenters. The molecule has 0 bridgehead atoms. The number of fused-ring (bicyclic) bond motifs is 1. The summed E-state index contributed by atoms with van der Waals surface area (Å²) in [6.45, 7) is 0. The van der Waals surface area contributed by atoms with Crippen LogP contribution < -0.4 is 5.32 Å². The molecule has 1 aliphatic heterocycles. The fraction of sp³-hybridized carbons (Fsp3) is 0.400. The monoisotopic (exact) mass is 290 g/mol. The van der Waals surface area contributed by atoms with Gasteiger partial charge in [-0.2, -0.15) is 23.5 Å². The number of pyridine rings is 1. The molecule has 1 aromatic heterocycles. The average molecular weight is 290 g/mol. The maximum absolute atomic E-state index is 4.39. The first-order chi connectivity index (χ1) is 9.38. The van der Waals surface area contributed by atoms with Crippen molar-refractivity contribution in [2.45, 2.75) is 11.3 Å².